The Labute approximate surface area is 83.6 Å². The topological polar surface area (TPSA) is 71.8 Å². The van der Waals surface area contributed by atoms with Gasteiger partial charge in [0, 0.05) is 17.7 Å². The average Bonchev–Trinajstić information content (AvgIpc) is 2.14. The molecule has 0 amide bonds. The van der Waals surface area contributed by atoms with Crippen molar-refractivity contribution in [2.75, 3.05) is 6.54 Å². The van der Waals surface area contributed by atoms with Crippen molar-refractivity contribution >= 4 is 0 Å². The molecule has 0 fully saturated rings. The number of aryl methyl sites for hydroxylation is 1. The summed E-state index contributed by atoms with van der Waals surface area (Å²) in [5.74, 6) is 1.00. The summed E-state index contributed by atoms with van der Waals surface area (Å²) in [6.07, 6.45) is 1.65. The molecule has 0 aliphatic heterocycles. The number of hydrogen-bond acceptors (Lipinski definition) is 3. The molecule has 0 aliphatic rings. The van der Waals surface area contributed by atoms with Crippen LogP contribution in [0.2, 0.25) is 0 Å². The van der Waals surface area contributed by atoms with Gasteiger partial charge >= 0.3 is 0 Å². The lowest BCUT2D eigenvalue weighted by Crippen LogP contribution is -2.14. The number of aromatic amines is 1. The second kappa shape index (κ2) is 4.91. The van der Waals surface area contributed by atoms with E-state index in [0.717, 1.165) is 24.4 Å². The first-order chi connectivity index (χ1) is 6.63. The highest BCUT2D eigenvalue weighted by atomic mass is 16.1. The minimum absolute atomic E-state index is 0.0734. The van der Waals surface area contributed by atoms with Gasteiger partial charge in [0.2, 0.25) is 0 Å². The third-order valence-electron chi connectivity index (χ3n) is 2.00. The lowest BCUT2D eigenvalue weighted by Gasteiger charge is -2.05. The summed E-state index contributed by atoms with van der Waals surface area (Å²) in [7, 11) is 0. The van der Waals surface area contributed by atoms with E-state index >= 15 is 0 Å². The molecule has 0 radical (unpaired) electrons. The lowest BCUT2D eigenvalue weighted by molar-refractivity contribution is 0.730. The number of hydrogen-bond donors (Lipinski definition) is 2. The third kappa shape index (κ3) is 2.96. The number of nitrogens with two attached hydrogens (primary N) is 1. The zero-order valence-electron chi connectivity index (χ0n) is 8.71. The first-order valence-electron chi connectivity index (χ1n) is 4.93. The van der Waals surface area contributed by atoms with Crippen LogP contribution in [0.15, 0.2) is 10.9 Å². The van der Waals surface area contributed by atoms with E-state index in [1.807, 2.05) is 13.8 Å². The summed E-state index contributed by atoms with van der Waals surface area (Å²) in [5.41, 5.74) is 6.16. The van der Waals surface area contributed by atoms with Crippen LogP contribution in [0.25, 0.3) is 0 Å². The summed E-state index contributed by atoms with van der Waals surface area (Å²) >= 11 is 0. The monoisotopic (exact) mass is 195 g/mol. The van der Waals surface area contributed by atoms with Gasteiger partial charge in [-0.25, -0.2) is 4.98 Å². The van der Waals surface area contributed by atoms with E-state index in [1.54, 1.807) is 6.07 Å². The Kier molecular flexibility index (Phi) is 3.83. The molecule has 0 unspecified atom stereocenters. The van der Waals surface area contributed by atoms with Gasteiger partial charge in [0.05, 0.1) is 0 Å². The molecule has 0 atom stereocenters. The van der Waals surface area contributed by atoms with Crippen molar-refractivity contribution in [3.63, 3.8) is 0 Å². The van der Waals surface area contributed by atoms with Crippen LogP contribution in [-0.2, 0) is 6.42 Å². The molecule has 0 aliphatic carbocycles. The lowest BCUT2D eigenvalue weighted by atomic mass is 10.2. The van der Waals surface area contributed by atoms with E-state index < -0.39 is 0 Å². The van der Waals surface area contributed by atoms with Crippen LogP contribution in [0.4, 0.5) is 0 Å². The van der Waals surface area contributed by atoms with Crippen LogP contribution in [-0.4, -0.2) is 16.5 Å². The Hall–Kier alpha value is -1.16. The molecular formula is C10H17N3O. The maximum absolute atomic E-state index is 11.3. The fourth-order valence-electron chi connectivity index (χ4n) is 1.21. The molecule has 1 aromatic heterocycles. The Balaban J connectivity index is 2.90. The molecule has 4 nitrogen and oxygen atoms in total. The van der Waals surface area contributed by atoms with E-state index in [9.17, 15) is 4.79 Å². The van der Waals surface area contributed by atoms with Crippen molar-refractivity contribution in [1.29, 1.82) is 0 Å². The molecule has 1 heterocycles. The zero-order valence-corrected chi connectivity index (χ0v) is 8.71. The number of nitrogens with zero attached hydrogens (tertiary/aromatic N) is 1. The van der Waals surface area contributed by atoms with Crippen LogP contribution < -0.4 is 11.3 Å². The maximum atomic E-state index is 11.3. The minimum Gasteiger partial charge on any atom is -0.330 e. The van der Waals surface area contributed by atoms with Crippen LogP contribution in [0.3, 0.4) is 0 Å². The van der Waals surface area contributed by atoms with Gasteiger partial charge in [-0.1, -0.05) is 13.8 Å². The Morgan fingerprint density at radius 2 is 2.29 bits per heavy atom. The summed E-state index contributed by atoms with van der Waals surface area (Å²) in [6.45, 7) is 4.64. The molecule has 0 spiro atoms. The predicted octanol–water partition coefficient (Wildman–Crippen LogP) is 0.785. The second-order valence-corrected chi connectivity index (χ2v) is 3.67. The molecular weight excluding hydrogens is 178 g/mol. The quantitative estimate of drug-likeness (QED) is 0.746. The highest BCUT2D eigenvalue weighted by molar-refractivity contribution is 5.05. The van der Waals surface area contributed by atoms with E-state index in [1.165, 1.54) is 0 Å². The number of nitrogens with one attached hydrogen (secondary N) is 1. The van der Waals surface area contributed by atoms with Crippen molar-refractivity contribution in [3.05, 3.63) is 27.9 Å². The summed E-state index contributed by atoms with van der Waals surface area (Å²) in [5, 5.41) is 0. The maximum Gasteiger partial charge on any atom is 0.251 e. The largest absolute Gasteiger partial charge is 0.330 e. The third-order valence-corrected chi connectivity index (χ3v) is 2.00. The number of H-pyrrole nitrogens is 1. The van der Waals surface area contributed by atoms with E-state index in [-0.39, 0.29) is 11.5 Å². The molecule has 0 bridgehead atoms. The smallest absolute Gasteiger partial charge is 0.251 e. The van der Waals surface area contributed by atoms with Gasteiger partial charge in [-0.2, -0.15) is 0 Å². The minimum atomic E-state index is -0.0734. The van der Waals surface area contributed by atoms with Gasteiger partial charge in [0.1, 0.15) is 5.82 Å². The van der Waals surface area contributed by atoms with Gasteiger partial charge in [0.15, 0.2) is 0 Å². The molecule has 14 heavy (non-hydrogen) atoms. The molecule has 3 N–H and O–H groups in total. The SMILES string of the molecule is CC(C)c1nc(CCCN)cc(=O)[nH]1. The summed E-state index contributed by atoms with van der Waals surface area (Å²) < 4.78 is 0. The fraction of sp³-hybridized carbons (Fsp3) is 0.600. The molecule has 78 valence electrons. The predicted molar refractivity (Wildman–Crippen MR) is 56.3 cm³/mol. The van der Waals surface area contributed by atoms with E-state index in [0.29, 0.717) is 6.54 Å². The molecule has 0 saturated heterocycles. The first-order valence-corrected chi connectivity index (χ1v) is 4.93. The van der Waals surface area contributed by atoms with Gasteiger partial charge < -0.3 is 10.7 Å². The number of rotatable bonds is 4. The molecule has 4 heteroatoms. The second-order valence-electron chi connectivity index (χ2n) is 3.67. The highest BCUT2D eigenvalue weighted by Gasteiger charge is 2.04. The Morgan fingerprint density at radius 1 is 1.57 bits per heavy atom. The Morgan fingerprint density at radius 3 is 2.86 bits per heavy atom. The normalized spacial score (nSPS) is 10.9. The van der Waals surface area contributed by atoms with Crippen LogP contribution in [0, 0.1) is 0 Å². The fourth-order valence-corrected chi connectivity index (χ4v) is 1.21. The molecule has 1 rings (SSSR count). The molecule has 0 saturated carbocycles. The van der Waals surface area contributed by atoms with Crippen molar-refractivity contribution in [2.45, 2.75) is 32.6 Å². The van der Waals surface area contributed by atoms with Crippen LogP contribution in [0.1, 0.15) is 37.7 Å². The summed E-state index contributed by atoms with van der Waals surface area (Å²) in [6, 6.07) is 1.54. The molecule has 1 aromatic rings. The average molecular weight is 195 g/mol. The van der Waals surface area contributed by atoms with E-state index in [4.69, 9.17) is 5.73 Å². The van der Waals surface area contributed by atoms with Gasteiger partial charge in [-0.15, -0.1) is 0 Å². The van der Waals surface area contributed by atoms with Crippen molar-refractivity contribution in [1.82, 2.24) is 9.97 Å². The molecule has 0 aromatic carbocycles. The van der Waals surface area contributed by atoms with Crippen molar-refractivity contribution < 1.29 is 0 Å². The van der Waals surface area contributed by atoms with Gasteiger partial charge in [0.25, 0.3) is 5.56 Å². The number of aromatic nitrogens is 2. The summed E-state index contributed by atoms with van der Waals surface area (Å²) in [4.78, 5) is 18.3. The van der Waals surface area contributed by atoms with Crippen LogP contribution >= 0.6 is 0 Å². The van der Waals surface area contributed by atoms with Gasteiger partial charge in [-0.05, 0) is 19.4 Å². The standard InChI is InChI=1S/C10H17N3O/c1-7(2)10-12-8(4-3-5-11)6-9(14)13-10/h6-7H,3-5,11H2,1-2H3,(H,12,13,14). The van der Waals surface area contributed by atoms with Crippen molar-refractivity contribution in [3.8, 4) is 0 Å². The van der Waals surface area contributed by atoms with Gasteiger partial charge in [-0.3, -0.25) is 4.79 Å². The zero-order chi connectivity index (χ0) is 10.6. The Bertz CT molecular complexity index is 343. The van der Waals surface area contributed by atoms with Crippen LogP contribution in [0.5, 0.6) is 0 Å². The highest BCUT2D eigenvalue weighted by Crippen LogP contribution is 2.07. The first kappa shape index (κ1) is 10.9. The van der Waals surface area contributed by atoms with Crippen molar-refractivity contribution in [2.24, 2.45) is 5.73 Å². The van der Waals surface area contributed by atoms with E-state index in [2.05, 4.69) is 9.97 Å².